The van der Waals surface area contributed by atoms with E-state index in [-0.39, 0.29) is 6.29 Å². The Hall–Kier alpha value is -0.600. The number of carbonyl (C=O) groups is 2. The molecule has 0 amide bonds. The quantitative estimate of drug-likeness (QED) is 0.129. The molecule has 0 spiro atoms. The number of aliphatic hydroxyl groups is 4. The van der Waals surface area contributed by atoms with Gasteiger partial charge in [0.1, 0.15) is 24.9 Å². The second kappa shape index (κ2) is 11.9. The number of rotatable bonds is 10. The lowest BCUT2D eigenvalue weighted by atomic mass is 10.1. The number of Topliss-reactive ketones (excluding diaryl/α,β-unsaturated/α-hetero) is 1. The predicted molar refractivity (Wildman–Crippen MR) is 72.2 cm³/mol. The first kappa shape index (κ1) is 25.6. The molecule has 16 heteroatoms. The van der Waals surface area contributed by atoms with Crippen molar-refractivity contribution in [2.24, 2.45) is 0 Å². The van der Waals surface area contributed by atoms with Crippen molar-refractivity contribution in [2.45, 2.75) is 18.3 Å². The van der Waals surface area contributed by atoms with Crippen molar-refractivity contribution < 1.29 is 67.8 Å². The molecular weight excluding hydrogens is 382 g/mol. The Kier molecular flexibility index (Phi) is 12.7. The average Bonchev–Trinajstić information content (AvgIpc) is 2.47. The maximum Gasteiger partial charge on any atom is 0.469 e. The van der Waals surface area contributed by atoms with E-state index in [0.29, 0.717) is 0 Å². The number of phosphoric ester groups is 2. The molecule has 0 aromatic rings. The minimum Gasteiger partial charge on any atom is -0.388 e. The summed E-state index contributed by atoms with van der Waals surface area (Å²) in [5, 5.41) is 34.5. The molecule has 0 heterocycles. The molecule has 0 rings (SSSR count). The van der Waals surface area contributed by atoms with E-state index in [1.54, 1.807) is 0 Å². The fraction of sp³-hybridized carbons (Fsp3) is 0.750. The summed E-state index contributed by atoms with van der Waals surface area (Å²) in [7, 11) is -9.29. The second-order valence-corrected chi connectivity index (χ2v) is 6.39. The summed E-state index contributed by atoms with van der Waals surface area (Å²) in [6.45, 7) is -2.57. The molecule has 0 radical (unpaired) electrons. The number of aliphatic hydroxyl groups excluding tert-OH is 4. The third kappa shape index (κ3) is 16.3. The molecule has 0 aliphatic carbocycles. The van der Waals surface area contributed by atoms with E-state index in [1.165, 1.54) is 0 Å². The lowest BCUT2D eigenvalue weighted by Crippen LogP contribution is -2.38. The minimum atomic E-state index is -4.74. The number of carbonyl (C=O) groups excluding carboxylic acids is 2. The van der Waals surface area contributed by atoms with Crippen molar-refractivity contribution in [2.75, 3.05) is 19.8 Å². The van der Waals surface area contributed by atoms with Gasteiger partial charge in [-0.3, -0.25) is 13.8 Å². The molecule has 0 bridgehead atoms. The number of ketones is 1. The molecule has 0 fully saturated rings. The highest BCUT2D eigenvalue weighted by Crippen LogP contribution is 2.36. The lowest BCUT2D eigenvalue weighted by molar-refractivity contribution is -0.137. The van der Waals surface area contributed by atoms with E-state index < -0.39 is 59.6 Å². The third-order valence-corrected chi connectivity index (χ3v) is 2.81. The maximum atomic E-state index is 10.6. The predicted octanol–water partition coefficient (Wildman–Crippen LogP) is -3.97. The molecule has 0 aromatic heterocycles. The second-order valence-electron chi connectivity index (χ2n) is 3.91. The van der Waals surface area contributed by atoms with E-state index in [2.05, 4.69) is 9.05 Å². The number of phosphoric acid groups is 2. The van der Waals surface area contributed by atoms with Crippen LogP contribution in [0.5, 0.6) is 0 Å². The first-order valence-electron chi connectivity index (χ1n) is 5.76. The van der Waals surface area contributed by atoms with E-state index in [0.717, 1.165) is 0 Å². The first-order valence-corrected chi connectivity index (χ1v) is 8.82. The van der Waals surface area contributed by atoms with Crippen molar-refractivity contribution in [3.8, 4) is 0 Å². The highest BCUT2D eigenvalue weighted by Gasteiger charge is 2.26. The Labute approximate surface area is 134 Å². The number of aldehydes is 1. The highest BCUT2D eigenvalue weighted by atomic mass is 31.2. The standard InChI is InChI=1S/C5H11O8P.C3H7O6P/c6-1-3(7)5(9)4(8)2-13-14(10,11)12;4-1-3(5)2-9-10(6,7)8/h4-6,8-9H,1-2H2,(H2,10,11,12);1,3,5H,2H2,(H2,6,7,8)/t4-,5-;/m1./s1. The van der Waals surface area contributed by atoms with Crippen molar-refractivity contribution in [1.82, 2.24) is 0 Å². The third-order valence-electron chi connectivity index (χ3n) is 1.83. The first-order chi connectivity index (χ1) is 10.7. The van der Waals surface area contributed by atoms with Gasteiger partial charge in [0.25, 0.3) is 0 Å². The van der Waals surface area contributed by atoms with Crippen LogP contribution in [0, 0.1) is 0 Å². The molecule has 14 nitrogen and oxygen atoms in total. The zero-order chi connectivity index (χ0) is 19.6. The van der Waals surface area contributed by atoms with Gasteiger partial charge in [0, 0.05) is 0 Å². The van der Waals surface area contributed by atoms with Crippen molar-refractivity contribution >= 4 is 27.7 Å². The van der Waals surface area contributed by atoms with Crippen LogP contribution in [-0.2, 0) is 27.8 Å². The summed E-state index contributed by atoms with van der Waals surface area (Å²) in [5.74, 6) is -1.06. The van der Waals surface area contributed by atoms with E-state index in [1.807, 2.05) is 0 Å². The van der Waals surface area contributed by atoms with Crippen LogP contribution in [-0.4, -0.2) is 90.2 Å². The zero-order valence-corrected chi connectivity index (χ0v) is 13.6. The van der Waals surface area contributed by atoms with Crippen molar-refractivity contribution in [3.63, 3.8) is 0 Å². The molecule has 8 N–H and O–H groups in total. The average molecular weight is 400 g/mol. The molecular formula is C8H18O14P2. The van der Waals surface area contributed by atoms with Crippen LogP contribution in [0.2, 0.25) is 0 Å². The Balaban J connectivity index is 0. The van der Waals surface area contributed by atoms with E-state index in [9.17, 15) is 18.7 Å². The molecule has 0 saturated carbocycles. The van der Waals surface area contributed by atoms with Crippen molar-refractivity contribution in [3.05, 3.63) is 0 Å². The van der Waals surface area contributed by atoms with E-state index in [4.69, 9.17) is 40.0 Å². The van der Waals surface area contributed by atoms with Gasteiger partial charge in [-0.25, -0.2) is 9.13 Å². The van der Waals surface area contributed by atoms with Gasteiger partial charge >= 0.3 is 15.6 Å². The molecule has 1 unspecified atom stereocenters. The van der Waals surface area contributed by atoms with Crippen LogP contribution < -0.4 is 0 Å². The van der Waals surface area contributed by atoms with Crippen LogP contribution >= 0.6 is 15.6 Å². The van der Waals surface area contributed by atoms with Crippen molar-refractivity contribution in [1.29, 1.82) is 0 Å². The van der Waals surface area contributed by atoms with Crippen LogP contribution in [0.1, 0.15) is 0 Å². The van der Waals surface area contributed by atoms with Gasteiger partial charge in [0.2, 0.25) is 0 Å². The number of hydrogen-bond acceptors (Lipinski definition) is 10. The van der Waals surface area contributed by atoms with Gasteiger partial charge in [0.15, 0.2) is 12.1 Å². The van der Waals surface area contributed by atoms with Gasteiger partial charge in [-0.1, -0.05) is 0 Å². The summed E-state index contributed by atoms with van der Waals surface area (Å²) in [6.07, 6.45) is -5.07. The minimum absolute atomic E-state index is 0.121. The van der Waals surface area contributed by atoms with Crippen LogP contribution in [0.25, 0.3) is 0 Å². The fourth-order valence-electron chi connectivity index (χ4n) is 0.785. The molecule has 0 aliphatic rings. The molecule has 0 aromatic carbocycles. The summed E-state index contributed by atoms with van der Waals surface area (Å²) >= 11 is 0. The zero-order valence-electron chi connectivity index (χ0n) is 11.9. The Morgan fingerprint density at radius 2 is 1.38 bits per heavy atom. The smallest absolute Gasteiger partial charge is 0.388 e. The van der Waals surface area contributed by atoms with Gasteiger partial charge in [0.05, 0.1) is 13.2 Å². The molecule has 0 aliphatic heterocycles. The lowest BCUT2D eigenvalue weighted by Gasteiger charge is -2.15. The fourth-order valence-corrected chi connectivity index (χ4v) is 1.48. The van der Waals surface area contributed by atoms with Crippen LogP contribution in [0.3, 0.4) is 0 Å². The monoisotopic (exact) mass is 400 g/mol. The highest BCUT2D eigenvalue weighted by molar-refractivity contribution is 7.46. The Morgan fingerprint density at radius 1 is 0.958 bits per heavy atom. The van der Waals surface area contributed by atoms with E-state index >= 15 is 0 Å². The van der Waals surface area contributed by atoms with Gasteiger partial charge < -0.3 is 44.8 Å². The van der Waals surface area contributed by atoms with Crippen LogP contribution in [0.15, 0.2) is 0 Å². The topological polar surface area (TPSA) is 249 Å². The summed E-state index contributed by atoms with van der Waals surface area (Å²) in [5.41, 5.74) is 0. The molecule has 144 valence electrons. The Bertz CT molecular complexity index is 467. The summed E-state index contributed by atoms with van der Waals surface area (Å²) in [6, 6.07) is 0. The van der Waals surface area contributed by atoms with Crippen LogP contribution in [0.4, 0.5) is 0 Å². The largest absolute Gasteiger partial charge is 0.469 e. The summed E-state index contributed by atoms with van der Waals surface area (Å²) < 4.78 is 27.6. The normalized spacial score (nSPS) is 15.7. The molecule has 3 atom stereocenters. The molecule has 0 saturated heterocycles. The van der Waals surface area contributed by atoms with Gasteiger partial charge in [-0.2, -0.15) is 0 Å². The summed E-state index contributed by atoms with van der Waals surface area (Å²) in [4.78, 5) is 52.7. The van der Waals surface area contributed by atoms with Gasteiger partial charge in [-0.05, 0) is 0 Å². The SMILES string of the molecule is O=C(CO)[C@@H](O)[C@H](O)COP(=O)(O)O.O=CC(O)COP(=O)(O)O. The van der Waals surface area contributed by atoms with Gasteiger partial charge in [-0.15, -0.1) is 0 Å². The Morgan fingerprint density at radius 3 is 1.71 bits per heavy atom. The molecule has 24 heavy (non-hydrogen) atoms. The maximum absolute atomic E-state index is 10.6. The number of hydrogen-bond donors (Lipinski definition) is 8.